The molecule has 1 aromatic rings. The van der Waals surface area contributed by atoms with Gasteiger partial charge in [-0.05, 0) is 38.5 Å². The Morgan fingerprint density at radius 2 is 1.78 bits per heavy atom. The van der Waals surface area contributed by atoms with Crippen LogP contribution in [0.4, 0.5) is 5.69 Å². The quantitative estimate of drug-likeness (QED) is 0.801. The van der Waals surface area contributed by atoms with Gasteiger partial charge in [-0.15, -0.1) is 0 Å². The van der Waals surface area contributed by atoms with Crippen molar-refractivity contribution in [3.8, 4) is 11.5 Å². The first kappa shape index (κ1) is 16.1. The molecule has 3 rings (SSSR count). The smallest absolute Gasteiger partial charge is 0.238 e. The van der Waals surface area contributed by atoms with Gasteiger partial charge in [-0.3, -0.25) is 9.69 Å². The summed E-state index contributed by atoms with van der Waals surface area (Å²) in [7, 11) is 3.21. The Bertz CT molecular complexity index is 545. The van der Waals surface area contributed by atoms with E-state index >= 15 is 0 Å². The van der Waals surface area contributed by atoms with Gasteiger partial charge in [0.05, 0.1) is 20.8 Å². The number of amides is 1. The number of benzene rings is 1. The normalized spacial score (nSPS) is 18.6. The van der Waals surface area contributed by atoms with Gasteiger partial charge in [-0.1, -0.05) is 0 Å². The minimum Gasteiger partial charge on any atom is -0.497 e. The van der Waals surface area contributed by atoms with Gasteiger partial charge in [0.25, 0.3) is 0 Å². The van der Waals surface area contributed by atoms with Gasteiger partial charge in [0, 0.05) is 36.0 Å². The highest BCUT2D eigenvalue weighted by Crippen LogP contribution is 2.39. The Kier molecular flexibility index (Phi) is 4.76. The van der Waals surface area contributed by atoms with E-state index in [1.54, 1.807) is 20.3 Å². The van der Waals surface area contributed by atoms with E-state index in [4.69, 9.17) is 9.47 Å². The molecule has 0 saturated heterocycles. The van der Waals surface area contributed by atoms with Crippen LogP contribution in [0.5, 0.6) is 11.5 Å². The van der Waals surface area contributed by atoms with E-state index < -0.39 is 0 Å². The van der Waals surface area contributed by atoms with Crippen LogP contribution >= 0.6 is 0 Å². The van der Waals surface area contributed by atoms with Crippen LogP contribution in [0.15, 0.2) is 18.2 Å². The van der Waals surface area contributed by atoms with Gasteiger partial charge in [-0.2, -0.15) is 0 Å². The van der Waals surface area contributed by atoms with E-state index in [1.165, 1.54) is 25.7 Å². The minimum absolute atomic E-state index is 0.0275. The maximum atomic E-state index is 12.5. The van der Waals surface area contributed by atoms with Crippen molar-refractivity contribution < 1.29 is 14.3 Å². The van der Waals surface area contributed by atoms with Crippen LogP contribution in [0.2, 0.25) is 0 Å². The highest BCUT2D eigenvalue weighted by atomic mass is 16.5. The van der Waals surface area contributed by atoms with Gasteiger partial charge >= 0.3 is 0 Å². The first-order valence-electron chi connectivity index (χ1n) is 8.39. The minimum atomic E-state index is 0.0275. The zero-order chi connectivity index (χ0) is 16.4. The summed E-state index contributed by atoms with van der Waals surface area (Å²) in [5.41, 5.74) is 0.709. The molecule has 5 heteroatoms. The molecular formula is C18H26N2O3. The molecule has 0 aromatic heterocycles. The van der Waals surface area contributed by atoms with Crippen molar-refractivity contribution in [2.24, 2.45) is 5.92 Å². The maximum absolute atomic E-state index is 12.5. The monoisotopic (exact) mass is 318 g/mol. The largest absolute Gasteiger partial charge is 0.497 e. The third kappa shape index (κ3) is 4.16. The van der Waals surface area contributed by atoms with Crippen LogP contribution in [0.25, 0.3) is 0 Å². The number of nitrogens with one attached hydrogen (secondary N) is 1. The van der Waals surface area contributed by atoms with Crippen LogP contribution in [0.3, 0.4) is 0 Å². The molecule has 23 heavy (non-hydrogen) atoms. The lowest BCUT2D eigenvalue weighted by Gasteiger charge is -2.28. The Labute approximate surface area is 137 Å². The highest BCUT2D eigenvalue weighted by molar-refractivity contribution is 5.92. The zero-order valence-electron chi connectivity index (χ0n) is 14.2. The molecule has 0 radical (unpaired) electrons. The summed E-state index contributed by atoms with van der Waals surface area (Å²) < 4.78 is 10.5. The van der Waals surface area contributed by atoms with Crippen LogP contribution in [0, 0.1) is 5.92 Å². The van der Waals surface area contributed by atoms with Crippen molar-refractivity contribution in [2.45, 2.75) is 44.7 Å². The second-order valence-electron chi connectivity index (χ2n) is 6.63. The van der Waals surface area contributed by atoms with Gasteiger partial charge in [-0.25, -0.2) is 0 Å². The number of rotatable bonds is 8. The zero-order valence-corrected chi connectivity index (χ0v) is 14.2. The number of anilines is 1. The van der Waals surface area contributed by atoms with Crippen molar-refractivity contribution >= 4 is 11.6 Å². The fourth-order valence-electron chi connectivity index (χ4n) is 3.11. The molecule has 1 aromatic carbocycles. The third-order valence-corrected chi connectivity index (χ3v) is 4.80. The molecule has 0 spiro atoms. The predicted octanol–water partition coefficient (Wildman–Crippen LogP) is 2.91. The predicted molar refractivity (Wildman–Crippen MR) is 90.1 cm³/mol. The van der Waals surface area contributed by atoms with E-state index in [-0.39, 0.29) is 5.91 Å². The standard InChI is InChI=1S/C18H26N2O3/c1-12(13-4-5-13)20(15-6-7-15)11-18(21)19-14-8-16(22-2)10-17(9-14)23-3/h8-10,12-13,15H,4-7,11H2,1-3H3,(H,19,21). The molecule has 0 heterocycles. The average Bonchev–Trinajstić information content (AvgIpc) is 3.42. The van der Waals surface area contributed by atoms with Gasteiger partial charge in [0.2, 0.25) is 5.91 Å². The summed E-state index contributed by atoms with van der Waals surface area (Å²) in [6.45, 7) is 2.72. The number of nitrogens with zero attached hydrogens (tertiary/aromatic N) is 1. The molecule has 1 N–H and O–H groups in total. The van der Waals surface area contributed by atoms with Crippen molar-refractivity contribution in [1.82, 2.24) is 4.90 Å². The molecule has 2 saturated carbocycles. The fourth-order valence-corrected chi connectivity index (χ4v) is 3.11. The maximum Gasteiger partial charge on any atom is 0.238 e. The molecule has 0 bridgehead atoms. The van der Waals surface area contributed by atoms with Gasteiger partial charge in [0.15, 0.2) is 0 Å². The van der Waals surface area contributed by atoms with Gasteiger partial charge in [0.1, 0.15) is 11.5 Å². The number of hydrogen-bond acceptors (Lipinski definition) is 4. The Hall–Kier alpha value is -1.75. The van der Waals surface area contributed by atoms with Gasteiger partial charge < -0.3 is 14.8 Å². The topological polar surface area (TPSA) is 50.8 Å². The molecule has 0 aliphatic heterocycles. The summed E-state index contributed by atoms with van der Waals surface area (Å²) in [5.74, 6) is 2.15. The van der Waals surface area contributed by atoms with Crippen molar-refractivity contribution in [1.29, 1.82) is 0 Å². The van der Waals surface area contributed by atoms with E-state index in [0.717, 1.165) is 5.92 Å². The van der Waals surface area contributed by atoms with Crippen LogP contribution in [0.1, 0.15) is 32.6 Å². The number of hydrogen-bond donors (Lipinski definition) is 1. The van der Waals surface area contributed by atoms with E-state index in [2.05, 4.69) is 17.1 Å². The Balaban J connectivity index is 1.63. The molecule has 2 fully saturated rings. The Morgan fingerprint density at radius 3 is 2.26 bits per heavy atom. The number of methoxy groups -OCH3 is 2. The van der Waals surface area contributed by atoms with Crippen molar-refractivity contribution in [3.05, 3.63) is 18.2 Å². The average molecular weight is 318 g/mol. The molecule has 1 amide bonds. The lowest BCUT2D eigenvalue weighted by atomic mass is 10.1. The van der Waals surface area contributed by atoms with Crippen LogP contribution < -0.4 is 14.8 Å². The van der Waals surface area contributed by atoms with E-state index in [9.17, 15) is 4.79 Å². The third-order valence-electron chi connectivity index (χ3n) is 4.80. The van der Waals surface area contributed by atoms with Crippen LogP contribution in [-0.2, 0) is 4.79 Å². The molecule has 1 atom stereocenters. The summed E-state index contributed by atoms with van der Waals surface area (Å²) in [4.78, 5) is 14.8. The van der Waals surface area contributed by atoms with Crippen LogP contribution in [-0.4, -0.2) is 43.7 Å². The molecular weight excluding hydrogens is 292 g/mol. The first-order chi connectivity index (χ1) is 11.1. The fraction of sp³-hybridized carbons (Fsp3) is 0.611. The molecule has 1 unspecified atom stereocenters. The lowest BCUT2D eigenvalue weighted by Crippen LogP contribution is -2.42. The summed E-state index contributed by atoms with van der Waals surface area (Å²) in [5, 5.41) is 2.98. The molecule has 2 aliphatic rings. The summed E-state index contributed by atoms with van der Waals surface area (Å²) in [6.07, 6.45) is 5.05. The highest BCUT2D eigenvalue weighted by Gasteiger charge is 2.39. The number of carbonyl (C=O) groups excluding carboxylic acids is 1. The molecule has 5 nitrogen and oxygen atoms in total. The van der Waals surface area contributed by atoms with E-state index in [0.29, 0.717) is 35.8 Å². The lowest BCUT2D eigenvalue weighted by molar-refractivity contribution is -0.118. The Morgan fingerprint density at radius 1 is 1.17 bits per heavy atom. The summed E-state index contributed by atoms with van der Waals surface area (Å²) >= 11 is 0. The first-order valence-corrected chi connectivity index (χ1v) is 8.39. The second-order valence-corrected chi connectivity index (χ2v) is 6.63. The molecule has 2 aliphatic carbocycles. The SMILES string of the molecule is COc1cc(NC(=O)CN(C2CC2)C(C)C2CC2)cc(OC)c1. The number of carbonyl (C=O) groups is 1. The van der Waals surface area contributed by atoms with Crippen molar-refractivity contribution in [3.63, 3.8) is 0 Å². The van der Waals surface area contributed by atoms with Crippen molar-refractivity contribution in [2.75, 3.05) is 26.1 Å². The number of ether oxygens (including phenoxy) is 2. The molecule has 126 valence electrons. The van der Waals surface area contributed by atoms with E-state index in [1.807, 2.05) is 12.1 Å². The summed E-state index contributed by atoms with van der Waals surface area (Å²) in [6, 6.07) is 6.52. The second kappa shape index (κ2) is 6.79.